The second-order valence-corrected chi connectivity index (χ2v) is 11.7. The predicted molar refractivity (Wildman–Crippen MR) is 155 cm³/mol. The first-order valence-electron chi connectivity index (χ1n) is 12.6. The molecule has 3 aromatic carbocycles. The van der Waals surface area contributed by atoms with Crippen LogP contribution in [0.5, 0.6) is 0 Å². The zero-order valence-electron chi connectivity index (χ0n) is 21.8. The number of aromatic nitrogens is 3. The average Bonchev–Trinajstić information content (AvgIpc) is 3.27. The Kier molecular flexibility index (Phi) is 8.03. The van der Waals surface area contributed by atoms with Crippen molar-refractivity contribution in [3.8, 4) is 11.4 Å². The van der Waals surface area contributed by atoms with Gasteiger partial charge in [0.1, 0.15) is 0 Å². The molecule has 0 amide bonds. The molecule has 0 saturated carbocycles. The van der Waals surface area contributed by atoms with E-state index in [0.29, 0.717) is 36.0 Å². The van der Waals surface area contributed by atoms with Crippen LogP contribution in [0, 0.1) is 4.77 Å². The molecule has 0 unspecified atom stereocenters. The number of anilines is 1. The van der Waals surface area contributed by atoms with Gasteiger partial charge in [0.2, 0.25) is 14.6 Å². The van der Waals surface area contributed by atoms with Gasteiger partial charge in [-0.25, -0.2) is 13.1 Å². The Balaban J connectivity index is 1.50. The molecule has 1 saturated heterocycles. The molecule has 1 aromatic heterocycles. The molecular weight excluding hydrogens is 532 g/mol. The van der Waals surface area contributed by atoms with Crippen molar-refractivity contribution in [3.63, 3.8) is 0 Å². The van der Waals surface area contributed by atoms with Gasteiger partial charge in [-0.05, 0) is 66.3 Å². The molecule has 11 heteroatoms. The van der Waals surface area contributed by atoms with Crippen LogP contribution in [0.25, 0.3) is 11.4 Å². The summed E-state index contributed by atoms with van der Waals surface area (Å²) in [6, 6.07) is 23.1. The molecule has 0 N–H and O–H groups in total. The Morgan fingerprint density at radius 2 is 1.59 bits per heavy atom. The maximum absolute atomic E-state index is 13.1. The fourth-order valence-corrected chi connectivity index (χ4v) is 5.72. The van der Waals surface area contributed by atoms with Crippen LogP contribution >= 0.6 is 12.2 Å². The first kappa shape index (κ1) is 26.9. The van der Waals surface area contributed by atoms with E-state index in [2.05, 4.69) is 10.0 Å². The predicted octanol–water partition coefficient (Wildman–Crippen LogP) is 4.15. The van der Waals surface area contributed by atoms with Crippen LogP contribution < -0.4 is 4.90 Å². The van der Waals surface area contributed by atoms with Gasteiger partial charge in [0.15, 0.2) is 5.82 Å². The van der Waals surface area contributed by atoms with E-state index in [1.54, 1.807) is 70.2 Å². The van der Waals surface area contributed by atoms with Crippen molar-refractivity contribution in [3.05, 3.63) is 89.2 Å². The summed E-state index contributed by atoms with van der Waals surface area (Å²) < 4.78 is 35.4. The lowest BCUT2D eigenvalue weighted by Crippen LogP contribution is -2.37. The van der Waals surface area contributed by atoms with Crippen LogP contribution in [-0.2, 0) is 21.2 Å². The SMILES string of the molecule is CN(C)c1ccc(/C=N/n2c(-c3ccc(S(=O)(=O)c4ccccc4)cc3)nn(CN3CCOCC3)c2=S)cc1. The van der Waals surface area contributed by atoms with Crippen molar-refractivity contribution >= 4 is 34.0 Å². The van der Waals surface area contributed by atoms with Gasteiger partial charge in [0.05, 0.1) is 35.9 Å². The molecule has 39 heavy (non-hydrogen) atoms. The quantitative estimate of drug-likeness (QED) is 0.236. The van der Waals surface area contributed by atoms with E-state index in [1.165, 1.54) is 0 Å². The Hall–Kier alpha value is -3.64. The van der Waals surface area contributed by atoms with Crippen molar-refractivity contribution in [1.29, 1.82) is 0 Å². The molecule has 0 radical (unpaired) electrons. The first-order valence-corrected chi connectivity index (χ1v) is 14.4. The summed E-state index contributed by atoms with van der Waals surface area (Å²) in [7, 11) is 0.357. The summed E-state index contributed by atoms with van der Waals surface area (Å²) in [5, 5.41) is 9.49. The fourth-order valence-electron chi connectivity index (χ4n) is 4.21. The average molecular weight is 563 g/mol. The van der Waals surface area contributed by atoms with Crippen LogP contribution in [-0.4, -0.2) is 74.4 Å². The summed E-state index contributed by atoms with van der Waals surface area (Å²) in [4.78, 5) is 4.71. The van der Waals surface area contributed by atoms with E-state index < -0.39 is 9.84 Å². The van der Waals surface area contributed by atoms with Gasteiger partial charge in [-0.1, -0.05) is 30.3 Å². The van der Waals surface area contributed by atoms with Gasteiger partial charge in [0, 0.05) is 38.4 Å². The van der Waals surface area contributed by atoms with Crippen molar-refractivity contribution < 1.29 is 13.2 Å². The lowest BCUT2D eigenvalue weighted by molar-refractivity contribution is 0.0210. The van der Waals surface area contributed by atoms with Crippen molar-refractivity contribution in [1.82, 2.24) is 19.4 Å². The summed E-state index contributed by atoms with van der Waals surface area (Å²) in [5.41, 5.74) is 2.71. The van der Waals surface area contributed by atoms with Crippen LogP contribution in [0.15, 0.2) is 93.8 Å². The number of benzene rings is 3. The third kappa shape index (κ3) is 6.01. The molecule has 1 fully saturated rings. The highest BCUT2D eigenvalue weighted by Gasteiger charge is 2.20. The summed E-state index contributed by atoms with van der Waals surface area (Å²) >= 11 is 5.79. The lowest BCUT2D eigenvalue weighted by Gasteiger charge is -2.25. The maximum atomic E-state index is 13.1. The second kappa shape index (κ2) is 11.6. The largest absolute Gasteiger partial charge is 0.379 e. The molecule has 0 bridgehead atoms. The zero-order valence-corrected chi connectivity index (χ0v) is 23.5. The molecule has 1 aliphatic heterocycles. The monoisotopic (exact) mass is 562 g/mol. The van der Waals surface area contributed by atoms with E-state index in [1.807, 2.05) is 43.3 Å². The molecule has 5 rings (SSSR count). The third-order valence-electron chi connectivity index (χ3n) is 6.46. The number of morpholine rings is 1. The van der Waals surface area contributed by atoms with E-state index >= 15 is 0 Å². The van der Waals surface area contributed by atoms with Crippen LogP contribution in [0.1, 0.15) is 5.56 Å². The lowest BCUT2D eigenvalue weighted by atomic mass is 10.2. The molecule has 0 atom stereocenters. The van der Waals surface area contributed by atoms with Crippen LogP contribution in [0.2, 0.25) is 0 Å². The smallest absolute Gasteiger partial charge is 0.220 e. The maximum Gasteiger partial charge on any atom is 0.220 e. The molecule has 0 aliphatic carbocycles. The van der Waals surface area contributed by atoms with Gasteiger partial charge in [-0.15, -0.1) is 5.10 Å². The summed E-state index contributed by atoms with van der Waals surface area (Å²) in [6.45, 7) is 3.42. The minimum absolute atomic E-state index is 0.208. The Morgan fingerprint density at radius 3 is 2.23 bits per heavy atom. The number of hydrogen-bond acceptors (Lipinski definition) is 8. The summed E-state index contributed by atoms with van der Waals surface area (Å²) in [5.74, 6) is 0.526. The Bertz CT molecular complexity index is 1600. The fraction of sp³-hybridized carbons (Fsp3) is 0.250. The number of nitrogens with zero attached hydrogens (tertiary/aromatic N) is 6. The van der Waals surface area contributed by atoms with Crippen molar-refractivity contribution in [2.45, 2.75) is 16.5 Å². The molecule has 0 spiro atoms. The minimum Gasteiger partial charge on any atom is -0.379 e. The number of hydrogen-bond donors (Lipinski definition) is 0. The van der Waals surface area contributed by atoms with E-state index in [4.69, 9.17) is 22.1 Å². The van der Waals surface area contributed by atoms with Crippen LogP contribution in [0.4, 0.5) is 5.69 Å². The second-order valence-electron chi connectivity index (χ2n) is 9.36. The molecular formula is C28H30N6O3S2. The van der Waals surface area contributed by atoms with Gasteiger partial charge >= 0.3 is 0 Å². The van der Waals surface area contributed by atoms with Gasteiger partial charge in [0.25, 0.3) is 0 Å². The highest BCUT2D eigenvalue weighted by atomic mass is 32.2. The standard InChI is InChI=1S/C28H30N6O3S2/c1-31(2)24-12-8-22(9-13-24)20-29-34-27(30-33(28(34)38)21-32-16-18-37-19-17-32)23-10-14-26(15-11-23)39(35,36)25-6-4-3-5-7-25/h3-15,20H,16-19,21H2,1-2H3/b29-20+. The molecule has 9 nitrogen and oxygen atoms in total. The van der Waals surface area contributed by atoms with Crippen LogP contribution in [0.3, 0.4) is 0 Å². The number of ether oxygens (including phenoxy) is 1. The van der Waals surface area contributed by atoms with E-state index in [-0.39, 0.29) is 9.79 Å². The molecule has 2 heterocycles. The molecule has 1 aliphatic rings. The number of rotatable bonds is 8. The molecule has 202 valence electrons. The van der Waals surface area contributed by atoms with Gasteiger partial charge < -0.3 is 9.64 Å². The normalized spacial score (nSPS) is 14.6. The topological polar surface area (TPSA) is 85.0 Å². The van der Waals surface area contributed by atoms with E-state index in [9.17, 15) is 8.42 Å². The zero-order chi connectivity index (χ0) is 27.4. The van der Waals surface area contributed by atoms with Gasteiger partial charge in [-0.3, -0.25) is 4.90 Å². The third-order valence-corrected chi connectivity index (χ3v) is 8.63. The van der Waals surface area contributed by atoms with Crippen molar-refractivity contribution in [2.24, 2.45) is 5.10 Å². The van der Waals surface area contributed by atoms with Gasteiger partial charge in [-0.2, -0.15) is 9.78 Å². The minimum atomic E-state index is -3.63. The number of sulfone groups is 1. The van der Waals surface area contributed by atoms with E-state index in [0.717, 1.165) is 24.3 Å². The first-order chi connectivity index (χ1) is 18.8. The summed E-state index contributed by atoms with van der Waals surface area (Å²) in [6.07, 6.45) is 1.74. The Morgan fingerprint density at radius 1 is 0.949 bits per heavy atom. The Labute approximate surface area is 233 Å². The van der Waals surface area contributed by atoms with Crippen molar-refractivity contribution in [2.75, 3.05) is 45.3 Å². The highest BCUT2D eigenvalue weighted by Crippen LogP contribution is 2.25. The highest BCUT2D eigenvalue weighted by molar-refractivity contribution is 7.91. The molecule has 4 aromatic rings.